The van der Waals surface area contributed by atoms with Gasteiger partial charge >= 0.3 is 0 Å². The summed E-state index contributed by atoms with van der Waals surface area (Å²) in [5, 5.41) is 3.92. The number of hydrogen-bond acceptors (Lipinski definition) is 2. The van der Waals surface area contributed by atoms with Crippen LogP contribution in [0.15, 0.2) is 5.16 Å². The molecule has 2 heteroatoms. The van der Waals surface area contributed by atoms with Crippen molar-refractivity contribution in [2.24, 2.45) is 5.16 Å². The average molecular weight is 127 g/mol. The maximum absolute atomic E-state index is 5.13. The van der Waals surface area contributed by atoms with Gasteiger partial charge in [0.15, 0.2) is 0 Å². The topological polar surface area (TPSA) is 21.6 Å². The molecule has 0 fully saturated rings. The second-order valence-corrected chi connectivity index (χ2v) is 3.04. The predicted molar refractivity (Wildman–Crippen MR) is 37.5 cm³/mol. The highest BCUT2D eigenvalue weighted by atomic mass is 16.7. The third kappa shape index (κ3) is 1.44. The lowest BCUT2D eigenvalue weighted by Crippen LogP contribution is -2.18. The van der Waals surface area contributed by atoms with E-state index in [0.29, 0.717) is 0 Å². The third-order valence-electron chi connectivity index (χ3n) is 1.46. The van der Waals surface area contributed by atoms with Crippen LogP contribution in [0, 0.1) is 0 Å². The standard InChI is InChI=1S/C7H13NO/c1-4-6-5-7(2,3)9-8-6/h4-5H2,1-3H3. The molecule has 52 valence electrons. The van der Waals surface area contributed by atoms with Crippen LogP contribution in [0.2, 0.25) is 0 Å². The fourth-order valence-electron chi connectivity index (χ4n) is 0.934. The highest BCUT2D eigenvalue weighted by Crippen LogP contribution is 2.22. The summed E-state index contributed by atoms with van der Waals surface area (Å²) >= 11 is 0. The van der Waals surface area contributed by atoms with E-state index in [4.69, 9.17) is 4.84 Å². The summed E-state index contributed by atoms with van der Waals surface area (Å²) in [6, 6.07) is 0. The summed E-state index contributed by atoms with van der Waals surface area (Å²) in [4.78, 5) is 5.13. The molecule has 0 saturated carbocycles. The molecule has 0 saturated heterocycles. The van der Waals surface area contributed by atoms with Gasteiger partial charge in [0.1, 0.15) is 5.60 Å². The Labute approximate surface area is 55.9 Å². The Balaban J connectivity index is 2.50. The zero-order chi connectivity index (χ0) is 6.91. The Morgan fingerprint density at radius 2 is 2.33 bits per heavy atom. The minimum Gasteiger partial charge on any atom is -0.389 e. The van der Waals surface area contributed by atoms with Crippen molar-refractivity contribution in [3.8, 4) is 0 Å². The van der Waals surface area contributed by atoms with Crippen LogP contribution in [0.25, 0.3) is 0 Å². The average Bonchev–Trinajstić information content (AvgIpc) is 2.10. The van der Waals surface area contributed by atoms with E-state index >= 15 is 0 Å². The number of rotatable bonds is 1. The van der Waals surface area contributed by atoms with Crippen molar-refractivity contribution in [2.45, 2.75) is 39.2 Å². The molecule has 0 aromatic rings. The van der Waals surface area contributed by atoms with Crippen LogP contribution in [0.1, 0.15) is 33.6 Å². The van der Waals surface area contributed by atoms with Crippen LogP contribution >= 0.6 is 0 Å². The normalized spacial score (nSPS) is 23.2. The van der Waals surface area contributed by atoms with Crippen molar-refractivity contribution in [1.82, 2.24) is 0 Å². The third-order valence-corrected chi connectivity index (χ3v) is 1.46. The van der Waals surface area contributed by atoms with E-state index in [1.165, 1.54) is 5.71 Å². The lowest BCUT2D eigenvalue weighted by molar-refractivity contribution is 0.0123. The molecular formula is C7H13NO. The van der Waals surface area contributed by atoms with Crippen LogP contribution in [0.3, 0.4) is 0 Å². The highest BCUT2D eigenvalue weighted by Gasteiger charge is 2.27. The van der Waals surface area contributed by atoms with Crippen molar-refractivity contribution in [3.05, 3.63) is 0 Å². The van der Waals surface area contributed by atoms with Gasteiger partial charge in [0.2, 0.25) is 0 Å². The molecule has 0 amide bonds. The monoisotopic (exact) mass is 127 g/mol. The van der Waals surface area contributed by atoms with Crippen molar-refractivity contribution in [2.75, 3.05) is 0 Å². The molecule has 1 rings (SSSR count). The smallest absolute Gasteiger partial charge is 0.137 e. The molecule has 9 heavy (non-hydrogen) atoms. The number of oxime groups is 1. The minimum absolute atomic E-state index is 0.0364. The summed E-state index contributed by atoms with van der Waals surface area (Å²) < 4.78 is 0. The summed E-state index contributed by atoms with van der Waals surface area (Å²) in [5.74, 6) is 0. The first-order valence-corrected chi connectivity index (χ1v) is 3.38. The maximum Gasteiger partial charge on any atom is 0.137 e. The van der Waals surface area contributed by atoms with Crippen LogP contribution in [0.4, 0.5) is 0 Å². The Morgan fingerprint density at radius 3 is 2.56 bits per heavy atom. The number of nitrogens with zero attached hydrogens (tertiary/aromatic N) is 1. The molecule has 1 aliphatic rings. The van der Waals surface area contributed by atoms with Crippen molar-refractivity contribution in [3.63, 3.8) is 0 Å². The SMILES string of the molecule is CCC1=NOC(C)(C)C1. The van der Waals surface area contributed by atoms with E-state index in [0.717, 1.165) is 12.8 Å². The van der Waals surface area contributed by atoms with Gasteiger partial charge in [0.25, 0.3) is 0 Å². The second-order valence-electron chi connectivity index (χ2n) is 3.04. The van der Waals surface area contributed by atoms with Gasteiger partial charge in [-0.3, -0.25) is 0 Å². The first-order valence-electron chi connectivity index (χ1n) is 3.38. The Morgan fingerprint density at radius 1 is 1.67 bits per heavy atom. The molecule has 0 aromatic carbocycles. The predicted octanol–water partition coefficient (Wildman–Crippen LogP) is 1.95. The van der Waals surface area contributed by atoms with Crippen LogP contribution in [0.5, 0.6) is 0 Å². The molecule has 1 aliphatic heterocycles. The molecule has 0 aromatic heterocycles. The Bertz CT molecular complexity index is 138. The largest absolute Gasteiger partial charge is 0.389 e. The fraction of sp³-hybridized carbons (Fsp3) is 0.857. The summed E-state index contributed by atoms with van der Waals surface area (Å²) in [7, 11) is 0. The van der Waals surface area contributed by atoms with Gasteiger partial charge in [-0.1, -0.05) is 12.1 Å². The molecule has 2 nitrogen and oxygen atoms in total. The maximum atomic E-state index is 5.13. The van der Waals surface area contributed by atoms with Crippen LogP contribution in [-0.4, -0.2) is 11.3 Å². The molecule has 0 N–H and O–H groups in total. The summed E-state index contributed by atoms with van der Waals surface area (Å²) in [6.45, 7) is 6.21. The van der Waals surface area contributed by atoms with Gasteiger partial charge in [0, 0.05) is 6.42 Å². The molecule has 0 bridgehead atoms. The number of hydrogen-bond donors (Lipinski definition) is 0. The van der Waals surface area contributed by atoms with E-state index in [1.54, 1.807) is 0 Å². The quantitative estimate of drug-likeness (QED) is 0.527. The Hall–Kier alpha value is -0.530. The highest BCUT2D eigenvalue weighted by molar-refractivity contribution is 5.85. The van der Waals surface area contributed by atoms with Gasteiger partial charge in [-0.15, -0.1) is 0 Å². The van der Waals surface area contributed by atoms with Gasteiger partial charge < -0.3 is 4.84 Å². The van der Waals surface area contributed by atoms with E-state index in [-0.39, 0.29) is 5.60 Å². The van der Waals surface area contributed by atoms with Gasteiger partial charge in [-0.2, -0.15) is 0 Å². The van der Waals surface area contributed by atoms with Crippen molar-refractivity contribution < 1.29 is 4.84 Å². The van der Waals surface area contributed by atoms with Crippen molar-refractivity contribution in [1.29, 1.82) is 0 Å². The minimum atomic E-state index is -0.0364. The van der Waals surface area contributed by atoms with E-state index < -0.39 is 0 Å². The molecule has 0 spiro atoms. The molecule has 0 unspecified atom stereocenters. The molecule has 0 radical (unpaired) electrons. The molecule has 0 aliphatic carbocycles. The first kappa shape index (κ1) is 6.59. The fourth-order valence-corrected chi connectivity index (χ4v) is 0.934. The first-order chi connectivity index (χ1) is 4.14. The van der Waals surface area contributed by atoms with Gasteiger partial charge in [-0.25, -0.2) is 0 Å². The lowest BCUT2D eigenvalue weighted by Gasteiger charge is -2.12. The van der Waals surface area contributed by atoms with Gasteiger partial charge in [0.05, 0.1) is 5.71 Å². The Kier molecular flexibility index (Phi) is 1.47. The zero-order valence-electron chi connectivity index (χ0n) is 6.27. The van der Waals surface area contributed by atoms with Crippen LogP contribution in [-0.2, 0) is 4.84 Å². The van der Waals surface area contributed by atoms with Gasteiger partial charge in [-0.05, 0) is 20.3 Å². The zero-order valence-corrected chi connectivity index (χ0v) is 6.27. The van der Waals surface area contributed by atoms with Crippen molar-refractivity contribution >= 4 is 5.71 Å². The summed E-state index contributed by atoms with van der Waals surface area (Å²) in [6.07, 6.45) is 2.01. The van der Waals surface area contributed by atoms with Crippen LogP contribution < -0.4 is 0 Å². The molecule has 0 atom stereocenters. The molecule has 1 heterocycles. The van der Waals surface area contributed by atoms with E-state index in [9.17, 15) is 0 Å². The lowest BCUT2D eigenvalue weighted by atomic mass is 10.0. The van der Waals surface area contributed by atoms with E-state index in [2.05, 4.69) is 25.9 Å². The van der Waals surface area contributed by atoms with E-state index in [1.807, 2.05) is 0 Å². The summed E-state index contributed by atoms with van der Waals surface area (Å²) in [5.41, 5.74) is 1.14. The second kappa shape index (κ2) is 2.01. The molecular weight excluding hydrogens is 114 g/mol.